The van der Waals surface area contributed by atoms with Crippen molar-refractivity contribution in [2.45, 2.75) is 27.7 Å². The van der Waals surface area contributed by atoms with E-state index in [-0.39, 0.29) is 6.61 Å². The summed E-state index contributed by atoms with van der Waals surface area (Å²) in [5.74, 6) is 0.696. The van der Waals surface area contributed by atoms with Crippen LogP contribution in [0.15, 0.2) is 36.4 Å². The Hall–Kier alpha value is -3.22. The molecule has 156 valence electrons. The molecule has 2 aromatic carbocycles. The summed E-state index contributed by atoms with van der Waals surface area (Å²) < 4.78 is 21.5. The monoisotopic (exact) mass is 401 g/mol. The van der Waals surface area contributed by atoms with Crippen LogP contribution in [0, 0.1) is 13.8 Å². The predicted molar refractivity (Wildman–Crippen MR) is 110 cm³/mol. The first-order valence-electron chi connectivity index (χ1n) is 9.48. The van der Waals surface area contributed by atoms with Gasteiger partial charge in [-0.25, -0.2) is 4.79 Å². The van der Waals surface area contributed by atoms with Crippen LogP contribution < -0.4 is 19.5 Å². The molecule has 1 N–H and O–H groups in total. The molecule has 7 nitrogen and oxygen atoms in total. The van der Waals surface area contributed by atoms with Crippen LogP contribution in [0.25, 0.3) is 0 Å². The van der Waals surface area contributed by atoms with Gasteiger partial charge in [-0.05, 0) is 51.0 Å². The molecule has 0 bridgehead atoms. The minimum absolute atomic E-state index is 0.267. The van der Waals surface area contributed by atoms with E-state index in [0.29, 0.717) is 36.1 Å². The molecule has 0 aliphatic carbocycles. The van der Waals surface area contributed by atoms with Gasteiger partial charge in [0, 0.05) is 11.8 Å². The highest BCUT2D eigenvalue weighted by molar-refractivity contribution is 5.93. The van der Waals surface area contributed by atoms with Crippen molar-refractivity contribution in [3.63, 3.8) is 0 Å². The zero-order valence-electron chi connectivity index (χ0n) is 17.2. The number of carbonyl (C=O) groups excluding carboxylic acids is 2. The molecule has 0 saturated carbocycles. The van der Waals surface area contributed by atoms with Gasteiger partial charge in [-0.15, -0.1) is 0 Å². The molecule has 2 aromatic rings. The van der Waals surface area contributed by atoms with Gasteiger partial charge in [-0.2, -0.15) is 0 Å². The smallest absolute Gasteiger partial charge is 0.344 e. The first-order chi connectivity index (χ1) is 13.9. The second-order valence-corrected chi connectivity index (χ2v) is 6.25. The summed E-state index contributed by atoms with van der Waals surface area (Å²) in [6.45, 7) is 7.83. The number of hydrogen-bond donors (Lipinski definition) is 1. The molecular weight excluding hydrogens is 374 g/mol. The molecular formula is C22H27NO6. The quantitative estimate of drug-likeness (QED) is 0.612. The molecule has 0 radical (unpaired) electrons. The molecule has 29 heavy (non-hydrogen) atoms. The van der Waals surface area contributed by atoms with E-state index in [0.717, 1.165) is 11.1 Å². The lowest BCUT2D eigenvalue weighted by molar-refractivity contribution is -0.149. The number of aryl methyl sites for hydroxylation is 2. The minimum Gasteiger partial charge on any atom is -0.490 e. The summed E-state index contributed by atoms with van der Waals surface area (Å²) in [5.41, 5.74) is 2.37. The van der Waals surface area contributed by atoms with Crippen molar-refractivity contribution in [1.29, 1.82) is 0 Å². The lowest BCUT2D eigenvalue weighted by Crippen LogP contribution is -2.24. The van der Waals surface area contributed by atoms with Gasteiger partial charge >= 0.3 is 5.97 Å². The van der Waals surface area contributed by atoms with E-state index < -0.39 is 18.5 Å². The Morgan fingerprint density at radius 3 is 2.17 bits per heavy atom. The van der Waals surface area contributed by atoms with Gasteiger partial charge < -0.3 is 24.3 Å². The fourth-order valence-electron chi connectivity index (χ4n) is 2.67. The summed E-state index contributed by atoms with van der Waals surface area (Å²) in [6.07, 6.45) is 0. The zero-order valence-corrected chi connectivity index (χ0v) is 17.2. The lowest BCUT2D eigenvalue weighted by atomic mass is 10.1. The Morgan fingerprint density at radius 2 is 1.52 bits per heavy atom. The van der Waals surface area contributed by atoms with E-state index in [2.05, 4.69) is 5.32 Å². The summed E-state index contributed by atoms with van der Waals surface area (Å²) in [4.78, 5) is 24.0. The van der Waals surface area contributed by atoms with Gasteiger partial charge in [0.2, 0.25) is 0 Å². The van der Waals surface area contributed by atoms with Gasteiger partial charge in [0.05, 0.1) is 13.2 Å². The number of ether oxygens (including phenoxy) is 4. The van der Waals surface area contributed by atoms with E-state index in [1.165, 1.54) is 0 Å². The fourth-order valence-corrected chi connectivity index (χ4v) is 2.67. The number of carbonyl (C=O) groups is 2. The van der Waals surface area contributed by atoms with Crippen molar-refractivity contribution in [1.82, 2.24) is 0 Å². The normalized spacial score (nSPS) is 10.2. The molecule has 0 aliphatic rings. The maximum Gasteiger partial charge on any atom is 0.344 e. The molecule has 0 atom stereocenters. The van der Waals surface area contributed by atoms with E-state index >= 15 is 0 Å². The highest BCUT2D eigenvalue weighted by Gasteiger charge is 2.12. The maximum absolute atomic E-state index is 12.1. The third-order valence-corrected chi connectivity index (χ3v) is 3.93. The number of anilines is 1. The van der Waals surface area contributed by atoms with Crippen LogP contribution in [0.4, 0.5) is 5.69 Å². The molecule has 0 aliphatic heterocycles. The summed E-state index contributed by atoms with van der Waals surface area (Å²) in [7, 11) is 0. The highest BCUT2D eigenvalue weighted by atomic mass is 16.6. The lowest BCUT2D eigenvalue weighted by Gasteiger charge is -2.13. The van der Waals surface area contributed by atoms with E-state index in [1.807, 2.05) is 45.9 Å². The van der Waals surface area contributed by atoms with Crippen molar-refractivity contribution in [3.05, 3.63) is 47.5 Å². The SMILES string of the molecule is CCOc1ccc(NC(=O)COC(=O)COc2c(C)cccc2C)cc1OCC. The maximum atomic E-state index is 12.1. The van der Waals surface area contributed by atoms with Gasteiger partial charge in [0.1, 0.15) is 5.75 Å². The van der Waals surface area contributed by atoms with Crippen LogP contribution >= 0.6 is 0 Å². The molecule has 2 rings (SSSR count). The number of hydrogen-bond acceptors (Lipinski definition) is 6. The second kappa shape index (κ2) is 10.9. The summed E-state index contributed by atoms with van der Waals surface area (Å²) >= 11 is 0. The first kappa shape index (κ1) is 22.1. The Kier molecular flexibility index (Phi) is 8.33. The predicted octanol–water partition coefficient (Wildman–Crippen LogP) is 3.66. The number of para-hydroxylation sites is 1. The number of esters is 1. The molecule has 0 fully saturated rings. The van der Waals surface area contributed by atoms with Crippen molar-refractivity contribution < 1.29 is 28.5 Å². The zero-order chi connectivity index (χ0) is 21.2. The van der Waals surface area contributed by atoms with Crippen LogP contribution in [0.3, 0.4) is 0 Å². The van der Waals surface area contributed by atoms with E-state index in [1.54, 1.807) is 18.2 Å². The molecule has 0 unspecified atom stereocenters. The highest BCUT2D eigenvalue weighted by Crippen LogP contribution is 2.30. The molecule has 0 heterocycles. The number of rotatable bonds is 10. The average molecular weight is 401 g/mol. The largest absolute Gasteiger partial charge is 0.490 e. The number of amides is 1. The summed E-state index contributed by atoms with van der Waals surface area (Å²) in [6, 6.07) is 10.8. The topological polar surface area (TPSA) is 83.1 Å². The molecule has 0 aromatic heterocycles. The van der Waals surface area contributed by atoms with Gasteiger partial charge in [0.15, 0.2) is 24.7 Å². The Morgan fingerprint density at radius 1 is 0.862 bits per heavy atom. The van der Waals surface area contributed by atoms with Crippen LogP contribution in [0.2, 0.25) is 0 Å². The third-order valence-electron chi connectivity index (χ3n) is 3.93. The van der Waals surface area contributed by atoms with Crippen LogP contribution in [-0.4, -0.2) is 38.3 Å². The molecule has 7 heteroatoms. The van der Waals surface area contributed by atoms with Crippen LogP contribution in [0.1, 0.15) is 25.0 Å². The van der Waals surface area contributed by atoms with Crippen molar-refractivity contribution >= 4 is 17.6 Å². The first-order valence-corrected chi connectivity index (χ1v) is 9.48. The fraction of sp³-hybridized carbons (Fsp3) is 0.364. The third kappa shape index (κ3) is 6.71. The summed E-state index contributed by atoms with van der Waals surface area (Å²) in [5, 5.41) is 2.66. The standard InChI is InChI=1S/C22H27NO6/c1-5-26-18-11-10-17(12-19(18)27-6-2)23-20(24)13-28-21(25)14-29-22-15(3)8-7-9-16(22)4/h7-12H,5-6,13-14H2,1-4H3,(H,23,24). The molecule has 1 amide bonds. The van der Waals surface area contributed by atoms with Crippen LogP contribution in [-0.2, 0) is 14.3 Å². The minimum atomic E-state index is -0.621. The van der Waals surface area contributed by atoms with Gasteiger partial charge in [-0.3, -0.25) is 4.79 Å². The van der Waals surface area contributed by atoms with E-state index in [4.69, 9.17) is 18.9 Å². The van der Waals surface area contributed by atoms with Gasteiger partial charge in [-0.1, -0.05) is 18.2 Å². The van der Waals surface area contributed by atoms with Crippen LogP contribution in [0.5, 0.6) is 17.2 Å². The Balaban J connectivity index is 1.84. The number of benzene rings is 2. The average Bonchev–Trinajstić information content (AvgIpc) is 2.68. The molecule has 0 saturated heterocycles. The molecule has 0 spiro atoms. The van der Waals surface area contributed by atoms with Gasteiger partial charge in [0.25, 0.3) is 5.91 Å². The number of nitrogens with one attached hydrogen (secondary N) is 1. The van der Waals surface area contributed by atoms with Crippen molar-refractivity contribution in [2.75, 3.05) is 31.7 Å². The van der Waals surface area contributed by atoms with E-state index in [9.17, 15) is 9.59 Å². The van der Waals surface area contributed by atoms with Crippen molar-refractivity contribution in [2.24, 2.45) is 0 Å². The Bertz CT molecular complexity index is 829. The Labute approximate surface area is 170 Å². The van der Waals surface area contributed by atoms with Crippen molar-refractivity contribution in [3.8, 4) is 17.2 Å². The second-order valence-electron chi connectivity index (χ2n) is 6.25.